The van der Waals surface area contributed by atoms with Crippen molar-refractivity contribution < 1.29 is 37.4 Å². The van der Waals surface area contributed by atoms with E-state index in [2.05, 4.69) is 0 Å². The van der Waals surface area contributed by atoms with Crippen LogP contribution in [0.1, 0.15) is 20.3 Å². The summed E-state index contributed by atoms with van der Waals surface area (Å²) in [6.45, 7) is 3.75. The average Bonchev–Trinajstić information content (AvgIpc) is 3.41. The summed E-state index contributed by atoms with van der Waals surface area (Å²) in [4.78, 5) is 12.5. The Hall–Kier alpha value is -2.42. The number of rotatable bonds is 7. The number of hydrogen-bond donors (Lipinski definition) is 0. The van der Waals surface area contributed by atoms with Crippen molar-refractivity contribution in [3.05, 3.63) is 60.7 Å². The third-order valence-corrected chi connectivity index (χ3v) is 7.91. The summed E-state index contributed by atoms with van der Waals surface area (Å²) >= 11 is 0. The van der Waals surface area contributed by atoms with Gasteiger partial charge < -0.3 is 28.0 Å². The van der Waals surface area contributed by atoms with E-state index in [1.807, 2.05) is 12.1 Å². The topological polar surface area (TPSA) is 92.8 Å². The SMILES string of the molecule is COC(=O)C[C@]12O[C@H](CN1P(=O)(Oc1ccccc1)Oc1ccccc1)[C@H]1OC(C)(C)O[C@H]12. The smallest absolute Gasteiger partial charge is 0.469 e. The second-order valence-corrected chi connectivity index (χ2v) is 10.4. The second kappa shape index (κ2) is 8.11. The van der Waals surface area contributed by atoms with Crippen LogP contribution in [0, 0.1) is 0 Å². The van der Waals surface area contributed by atoms with Crippen LogP contribution in [0.2, 0.25) is 0 Å². The molecule has 0 aliphatic carbocycles. The van der Waals surface area contributed by atoms with Crippen LogP contribution in [0.4, 0.5) is 0 Å². The zero-order valence-electron chi connectivity index (χ0n) is 18.6. The van der Waals surface area contributed by atoms with E-state index in [0.29, 0.717) is 11.5 Å². The molecule has 176 valence electrons. The molecule has 3 heterocycles. The van der Waals surface area contributed by atoms with E-state index in [1.165, 1.54) is 11.8 Å². The third kappa shape index (κ3) is 3.94. The van der Waals surface area contributed by atoms with Crippen molar-refractivity contribution in [3.8, 4) is 11.5 Å². The molecular formula is C23H26NO8P. The Morgan fingerprint density at radius 2 is 1.58 bits per heavy atom. The molecule has 0 aromatic heterocycles. The lowest BCUT2D eigenvalue weighted by molar-refractivity contribution is -0.209. The molecule has 3 saturated heterocycles. The lowest BCUT2D eigenvalue weighted by atomic mass is 9.95. The first-order chi connectivity index (χ1) is 15.7. The van der Waals surface area contributed by atoms with Gasteiger partial charge in [0.25, 0.3) is 0 Å². The van der Waals surface area contributed by atoms with Crippen molar-refractivity contribution in [1.29, 1.82) is 0 Å². The van der Waals surface area contributed by atoms with Gasteiger partial charge in [0.1, 0.15) is 29.8 Å². The molecule has 2 aromatic carbocycles. The first-order valence-corrected chi connectivity index (χ1v) is 12.2. The molecule has 5 rings (SSSR count). The molecule has 2 bridgehead atoms. The third-order valence-electron chi connectivity index (χ3n) is 5.93. The molecule has 0 spiro atoms. The lowest BCUT2D eigenvalue weighted by Crippen LogP contribution is -2.58. The number of para-hydroxylation sites is 2. The van der Waals surface area contributed by atoms with Crippen molar-refractivity contribution in [2.24, 2.45) is 0 Å². The normalized spacial score (nSPS) is 30.1. The van der Waals surface area contributed by atoms with Crippen molar-refractivity contribution in [2.75, 3.05) is 13.7 Å². The lowest BCUT2D eigenvalue weighted by Gasteiger charge is -2.41. The molecule has 0 N–H and O–H groups in total. The second-order valence-electron chi connectivity index (χ2n) is 8.63. The summed E-state index contributed by atoms with van der Waals surface area (Å²) in [5.74, 6) is -0.721. The minimum absolute atomic E-state index is 0.161. The van der Waals surface area contributed by atoms with Gasteiger partial charge >= 0.3 is 13.7 Å². The molecule has 3 fully saturated rings. The van der Waals surface area contributed by atoms with Gasteiger partial charge in [-0.05, 0) is 38.1 Å². The summed E-state index contributed by atoms with van der Waals surface area (Å²) in [7, 11) is -2.82. The van der Waals surface area contributed by atoms with E-state index in [9.17, 15) is 9.36 Å². The van der Waals surface area contributed by atoms with Gasteiger partial charge in [-0.25, -0.2) is 4.57 Å². The molecule has 0 amide bonds. The van der Waals surface area contributed by atoms with Crippen LogP contribution in [0.15, 0.2) is 60.7 Å². The van der Waals surface area contributed by atoms with Crippen molar-refractivity contribution in [3.63, 3.8) is 0 Å². The minimum Gasteiger partial charge on any atom is -0.469 e. The molecule has 0 unspecified atom stereocenters. The average molecular weight is 475 g/mol. The Morgan fingerprint density at radius 3 is 2.12 bits per heavy atom. The Balaban J connectivity index is 1.57. The number of nitrogens with zero attached hydrogens (tertiary/aromatic N) is 1. The zero-order chi connectivity index (χ0) is 23.3. The van der Waals surface area contributed by atoms with E-state index in [1.54, 1.807) is 62.4 Å². The van der Waals surface area contributed by atoms with Gasteiger partial charge in [0.15, 0.2) is 11.5 Å². The monoisotopic (exact) mass is 475 g/mol. The van der Waals surface area contributed by atoms with Crippen molar-refractivity contribution in [2.45, 2.75) is 50.1 Å². The fourth-order valence-electron chi connectivity index (χ4n) is 4.65. The zero-order valence-corrected chi connectivity index (χ0v) is 19.5. The van der Waals surface area contributed by atoms with Crippen LogP contribution < -0.4 is 9.05 Å². The number of carbonyl (C=O) groups is 1. The number of fused-ring (bicyclic) bond motifs is 5. The Bertz CT molecular complexity index is 1020. The number of methoxy groups -OCH3 is 1. The largest absolute Gasteiger partial charge is 0.518 e. The van der Waals surface area contributed by atoms with Gasteiger partial charge in [-0.2, -0.15) is 4.67 Å². The van der Waals surface area contributed by atoms with Crippen LogP contribution in [-0.2, 0) is 28.3 Å². The quantitative estimate of drug-likeness (QED) is 0.439. The first-order valence-electron chi connectivity index (χ1n) is 10.7. The maximum absolute atomic E-state index is 14.5. The van der Waals surface area contributed by atoms with Crippen LogP contribution in [0.3, 0.4) is 0 Å². The van der Waals surface area contributed by atoms with Crippen LogP contribution in [0.25, 0.3) is 0 Å². The number of benzene rings is 2. The van der Waals surface area contributed by atoms with E-state index < -0.39 is 43.5 Å². The van der Waals surface area contributed by atoms with E-state index in [-0.39, 0.29) is 13.0 Å². The maximum atomic E-state index is 14.5. The maximum Gasteiger partial charge on any atom is 0.518 e. The molecule has 0 saturated carbocycles. The molecule has 3 aliphatic heterocycles. The predicted molar refractivity (Wildman–Crippen MR) is 117 cm³/mol. The standard InChI is InChI=1S/C23H26NO8P/c1-22(2)29-20-18-15-24(23(28-18,21(20)30-22)14-19(25)27-3)33(26,31-16-10-6-4-7-11-16)32-17-12-8-5-9-13-17/h4-13,18,20-21H,14-15H2,1-3H3/t18-,20-,21-,23-/m1/s1. The van der Waals surface area contributed by atoms with Gasteiger partial charge in [0, 0.05) is 6.54 Å². The van der Waals surface area contributed by atoms with Gasteiger partial charge in [-0.1, -0.05) is 36.4 Å². The Kier molecular flexibility index (Phi) is 5.50. The molecule has 0 radical (unpaired) electrons. The van der Waals surface area contributed by atoms with Gasteiger partial charge in [0.2, 0.25) is 0 Å². The number of ether oxygens (including phenoxy) is 4. The number of piperidine rings is 1. The Labute approximate surface area is 192 Å². The van der Waals surface area contributed by atoms with Gasteiger partial charge in [-0.3, -0.25) is 4.79 Å². The van der Waals surface area contributed by atoms with Crippen LogP contribution in [-0.4, -0.2) is 54.1 Å². The molecule has 9 nitrogen and oxygen atoms in total. The summed E-state index contributed by atoms with van der Waals surface area (Å²) in [5.41, 5.74) is -1.45. The molecule has 3 aliphatic rings. The molecular weight excluding hydrogens is 449 g/mol. The molecule has 10 heteroatoms. The number of esters is 1. The first kappa shape index (κ1) is 22.4. The van der Waals surface area contributed by atoms with Crippen molar-refractivity contribution in [1.82, 2.24) is 4.67 Å². The van der Waals surface area contributed by atoms with E-state index in [4.69, 9.17) is 28.0 Å². The highest BCUT2D eigenvalue weighted by Crippen LogP contribution is 2.64. The van der Waals surface area contributed by atoms with Crippen LogP contribution >= 0.6 is 7.75 Å². The molecule has 2 aromatic rings. The van der Waals surface area contributed by atoms with E-state index in [0.717, 1.165) is 0 Å². The highest BCUT2D eigenvalue weighted by Gasteiger charge is 2.74. The summed E-state index contributed by atoms with van der Waals surface area (Å²) < 4.78 is 51.4. The highest BCUT2D eigenvalue weighted by atomic mass is 31.2. The van der Waals surface area contributed by atoms with Gasteiger partial charge in [0.05, 0.1) is 13.5 Å². The Morgan fingerprint density at radius 1 is 1.00 bits per heavy atom. The summed E-state index contributed by atoms with van der Waals surface area (Å²) in [6, 6.07) is 17.5. The van der Waals surface area contributed by atoms with Crippen molar-refractivity contribution >= 4 is 13.7 Å². The van der Waals surface area contributed by atoms with E-state index >= 15 is 0 Å². The summed E-state index contributed by atoms with van der Waals surface area (Å²) in [6.07, 6.45) is -1.85. The summed E-state index contributed by atoms with van der Waals surface area (Å²) in [5, 5.41) is 0. The van der Waals surface area contributed by atoms with Gasteiger partial charge in [-0.15, -0.1) is 0 Å². The minimum atomic E-state index is -4.11. The number of carbonyl (C=O) groups excluding carboxylic acids is 1. The molecule has 4 atom stereocenters. The predicted octanol–water partition coefficient (Wildman–Crippen LogP) is 3.75. The number of hydrogen-bond acceptors (Lipinski definition) is 8. The highest BCUT2D eigenvalue weighted by molar-refractivity contribution is 7.52. The van der Waals surface area contributed by atoms with Crippen LogP contribution in [0.5, 0.6) is 11.5 Å². The molecule has 33 heavy (non-hydrogen) atoms. The fourth-order valence-corrected chi connectivity index (χ4v) is 6.66. The fraction of sp³-hybridized carbons (Fsp3) is 0.435.